The molecule has 0 aromatic rings. The molecule has 0 bridgehead atoms. The average Bonchev–Trinajstić information content (AvgIpc) is 2.23. The molecule has 0 aliphatic heterocycles. The summed E-state index contributed by atoms with van der Waals surface area (Å²) >= 11 is 0. The van der Waals surface area contributed by atoms with E-state index in [0.717, 1.165) is 58.2 Å². The van der Waals surface area contributed by atoms with Crippen molar-refractivity contribution in [3.8, 4) is 0 Å². The van der Waals surface area contributed by atoms with Gasteiger partial charge in [-0.25, -0.2) is 0 Å². The topological polar surface area (TPSA) is 38.5 Å². The van der Waals surface area contributed by atoms with Crippen molar-refractivity contribution in [3.05, 3.63) is 0 Å². The first-order valence-electron chi connectivity index (χ1n) is 7.06. The normalized spacial score (nSPS) is 12.0. The zero-order chi connectivity index (χ0) is 13.1. The molecule has 2 N–H and O–H groups in total. The zero-order valence-corrected chi connectivity index (χ0v) is 12.2. The number of nitrogens with two attached hydrogens (primary N) is 1. The van der Waals surface area contributed by atoms with Gasteiger partial charge in [0.15, 0.2) is 0 Å². The Bertz CT molecular complexity index is 160. The summed E-state index contributed by atoms with van der Waals surface area (Å²) in [6.45, 7) is 14.8. The molecule has 0 heterocycles. The first-order chi connectivity index (χ1) is 8.06. The molecule has 0 rings (SSSR count). The fourth-order valence-corrected chi connectivity index (χ4v) is 1.74. The van der Waals surface area contributed by atoms with Gasteiger partial charge in [0.2, 0.25) is 0 Å². The van der Waals surface area contributed by atoms with Gasteiger partial charge >= 0.3 is 0 Å². The zero-order valence-electron chi connectivity index (χ0n) is 12.2. The van der Waals surface area contributed by atoms with Gasteiger partial charge in [-0.05, 0) is 37.8 Å². The lowest BCUT2D eigenvalue weighted by molar-refractivity contribution is 0.0920. The van der Waals surface area contributed by atoms with Crippen LogP contribution in [0, 0.1) is 11.8 Å². The summed E-state index contributed by atoms with van der Waals surface area (Å²) in [6.07, 6.45) is 2.24. The van der Waals surface area contributed by atoms with E-state index in [1.54, 1.807) is 0 Å². The Morgan fingerprint density at radius 2 is 1.71 bits per heavy atom. The first-order valence-corrected chi connectivity index (χ1v) is 7.06. The predicted molar refractivity (Wildman–Crippen MR) is 75.2 cm³/mol. The van der Waals surface area contributed by atoms with E-state index in [9.17, 15) is 0 Å². The minimum absolute atomic E-state index is 0.712. The minimum atomic E-state index is 0.712. The second-order valence-corrected chi connectivity index (χ2v) is 5.63. The van der Waals surface area contributed by atoms with E-state index in [1.165, 1.54) is 0 Å². The van der Waals surface area contributed by atoms with Crippen molar-refractivity contribution in [2.24, 2.45) is 17.6 Å². The molecule has 3 heteroatoms. The highest BCUT2D eigenvalue weighted by molar-refractivity contribution is 4.60. The van der Waals surface area contributed by atoms with Gasteiger partial charge in [-0.1, -0.05) is 27.7 Å². The molecule has 0 fully saturated rings. The van der Waals surface area contributed by atoms with Crippen molar-refractivity contribution >= 4 is 0 Å². The summed E-state index contributed by atoms with van der Waals surface area (Å²) in [5.74, 6) is 1.45. The van der Waals surface area contributed by atoms with Gasteiger partial charge in [0.1, 0.15) is 0 Å². The van der Waals surface area contributed by atoms with Crippen molar-refractivity contribution in [2.75, 3.05) is 39.4 Å². The number of hydrogen-bond donors (Lipinski definition) is 1. The van der Waals surface area contributed by atoms with Gasteiger partial charge in [0.05, 0.1) is 6.61 Å². The van der Waals surface area contributed by atoms with E-state index in [0.29, 0.717) is 5.92 Å². The molecule has 0 aliphatic rings. The molecule has 0 aromatic carbocycles. The van der Waals surface area contributed by atoms with Crippen LogP contribution in [0.5, 0.6) is 0 Å². The molecule has 0 aromatic heterocycles. The number of hydrogen-bond acceptors (Lipinski definition) is 3. The van der Waals surface area contributed by atoms with E-state index < -0.39 is 0 Å². The number of nitrogens with zero attached hydrogens (tertiary/aromatic N) is 1. The summed E-state index contributed by atoms with van der Waals surface area (Å²) < 4.78 is 5.66. The fraction of sp³-hybridized carbons (Fsp3) is 1.00. The lowest BCUT2D eigenvalue weighted by Crippen LogP contribution is -2.33. The Morgan fingerprint density at radius 1 is 1.00 bits per heavy atom. The molecule has 3 nitrogen and oxygen atoms in total. The largest absolute Gasteiger partial charge is 0.380 e. The van der Waals surface area contributed by atoms with Gasteiger partial charge in [0, 0.05) is 19.7 Å². The van der Waals surface area contributed by atoms with Crippen molar-refractivity contribution < 1.29 is 4.74 Å². The number of ether oxygens (including phenoxy) is 1. The summed E-state index contributed by atoms with van der Waals surface area (Å²) in [5, 5.41) is 0. The molecule has 0 radical (unpaired) electrons. The maximum absolute atomic E-state index is 5.66. The van der Waals surface area contributed by atoms with Crippen LogP contribution in [-0.4, -0.2) is 44.3 Å². The van der Waals surface area contributed by atoms with Crippen LogP contribution in [0.3, 0.4) is 0 Å². The predicted octanol–water partition coefficient (Wildman–Crippen LogP) is 2.36. The minimum Gasteiger partial charge on any atom is -0.380 e. The van der Waals surface area contributed by atoms with Gasteiger partial charge < -0.3 is 15.4 Å². The SMILES string of the molecule is CC(C)CCOCCN(CCCN)CC(C)C. The summed E-state index contributed by atoms with van der Waals surface area (Å²) in [7, 11) is 0. The molecule has 0 spiro atoms. The lowest BCUT2D eigenvalue weighted by Gasteiger charge is -2.24. The highest BCUT2D eigenvalue weighted by Gasteiger charge is 2.06. The molecule has 104 valence electrons. The molecule has 0 aliphatic carbocycles. The molecule has 0 amide bonds. The van der Waals surface area contributed by atoms with Gasteiger partial charge in [0.25, 0.3) is 0 Å². The van der Waals surface area contributed by atoms with Crippen LogP contribution >= 0.6 is 0 Å². The average molecular weight is 244 g/mol. The summed E-state index contributed by atoms with van der Waals surface area (Å²) in [4.78, 5) is 2.47. The Kier molecular flexibility index (Phi) is 10.9. The molecule has 0 saturated heterocycles. The van der Waals surface area contributed by atoms with Crippen LogP contribution in [-0.2, 0) is 4.74 Å². The highest BCUT2D eigenvalue weighted by atomic mass is 16.5. The maximum Gasteiger partial charge on any atom is 0.0593 e. The quantitative estimate of drug-likeness (QED) is 0.567. The van der Waals surface area contributed by atoms with E-state index in [2.05, 4.69) is 32.6 Å². The van der Waals surface area contributed by atoms with Crippen LogP contribution in [0.15, 0.2) is 0 Å². The standard InChI is InChI=1S/C14H32N2O/c1-13(2)6-10-17-11-9-16(8-5-7-15)12-14(3)4/h13-14H,5-12,15H2,1-4H3. The Labute approximate surface area is 108 Å². The number of rotatable bonds is 11. The third kappa shape index (κ3) is 12.1. The smallest absolute Gasteiger partial charge is 0.0593 e. The van der Waals surface area contributed by atoms with Crippen molar-refractivity contribution in [1.29, 1.82) is 0 Å². The van der Waals surface area contributed by atoms with E-state index in [4.69, 9.17) is 10.5 Å². The van der Waals surface area contributed by atoms with Crippen molar-refractivity contribution in [1.82, 2.24) is 4.90 Å². The first kappa shape index (κ1) is 16.9. The third-order valence-electron chi connectivity index (χ3n) is 2.69. The van der Waals surface area contributed by atoms with Crippen LogP contribution in [0.2, 0.25) is 0 Å². The Morgan fingerprint density at radius 3 is 2.24 bits per heavy atom. The second-order valence-electron chi connectivity index (χ2n) is 5.63. The molecular formula is C14H32N2O. The second kappa shape index (κ2) is 11.0. The van der Waals surface area contributed by atoms with Crippen LogP contribution in [0.4, 0.5) is 0 Å². The van der Waals surface area contributed by atoms with Crippen LogP contribution in [0.1, 0.15) is 40.5 Å². The van der Waals surface area contributed by atoms with Crippen LogP contribution in [0.25, 0.3) is 0 Å². The molecule has 0 atom stereocenters. The third-order valence-corrected chi connectivity index (χ3v) is 2.69. The fourth-order valence-electron chi connectivity index (χ4n) is 1.74. The van der Waals surface area contributed by atoms with E-state index in [1.807, 2.05) is 0 Å². The molecule has 0 unspecified atom stereocenters. The van der Waals surface area contributed by atoms with Crippen molar-refractivity contribution in [2.45, 2.75) is 40.5 Å². The van der Waals surface area contributed by atoms with Crippen molar-refractivity contribution in [3.63, 3.8) is 0 Å². The van der Waals surface area contributed by atoms with Gasteiger partial charge in [-0.15, -0.1) is 0 Å². The van der Waals surface area contributed by atoms with E-state index in [-0.39, 0.29) is 0 Å². The maximum atomic E-state index is 5.66. The van der Waals surface area contributed by atoms with Gasteiger partial charge in [-0.3, -0.25) is 0 Å². The Hall–Kier alpha value is -0.120. The Balaban J connectivity index is 3.60. The molecule has 0 saturated carbocycles. The van der Waals surface area contributed by atoms with Gasteiger partial charge in [-0.2, -0.15) is 0 Å². The summed E-state index contributed by atoms with van der Waals surface area (Å²) in [5.41, 5.74) is 5.56. The van der Waals surface area contributed by atoms with E-state index >= 15 is 0 Å². The van der Waals surface area contributed by atoms with Crippen LogP contribution < -0.4 is 5.73 Å². The highest BCUT2D eigenvalue weighted by Crippen LogP contribution is 2.01. The monoisotopic (exact) mass is 244 g/mol. The summed E-state index contributed by atoms with van der Waals surface area (Å²) in [6, 6.07) is 0. The molecular weight excluding hydrogens is 212 g/mol. The lowest BCUT2D eigenvalue weighted by atomic mass is 10.1. The molecule has 17 heavy (non-hydrogen) atoms.